The Bertz CT molecular complexity index is 925. The summed E-state index contributed by atoms with van der Waals surface area (Å²) in [5.74, 6) is -2.89. The van der Waals surface area contributed by atoms with Crippen LogP contribution in [0.15, 0.2) is 48.5 Å². The van der Waals surface area contributed by atoms with E-state index in [0.717, 1.165) is 23.8 Å². The molecule has 1 aliphatic heterocycles. The van der Waals surface area contributed by atoms with Crippen molar-refractivity contribution in [2.45, 2.75) is 6.10 Å². The van der Waals surface area contributed by atoms with Crippen LogP contribution in [0, 0.1) is 15.9 Å². The molecule has 3 rings (SSSR count). The molecule has 0 spiro atoms. The maximum absolute atomic E-state index is 13.3. The monoisotopic (exact) mass is 416 g/mol. The smallest absolute Gasteiger partial charge is 0.313 e. The van der Waals surface area contributed by atoms with E-state index in [1.165, 1.54) is 0 Å². The van der Waals surface area contributed by atoms with Crippen molar-refractivity contribution >= 4 is 23.2 Å². The van der Waals surface area contributed by atoms with Gasteiger partial charge >= 0.3 is 17.5 Å². The Morgan fingerprint density at radius 1 is 1.20 bits per heavy atom. The molecule has 1 saturated heterocycles. The third-order valence-corrected chi connectivity index (χ3v) is 4.64. The Hall–Kier alpha value is -3.37. The van der Waals surface area contributed by atoms with E-state index in [1.807, 2.05) is 30.3 Å². The molecular formula is C20H21FN4O5. The highest BCUT2D eigenvalue weighted by Gasteiger charge is 2.22. The SMILES string of the molecule is O=C(NCCN1CCOC(c2ccccc2)C1)C(=O)Nc1ccc(F)c([N+](=O)[O-])c1. The number of nitro groups is 1. The summed E-state index contributed by atoms with van der Waals surface area (Å²) in [6.45, 7) is 2.73. The Balaban J connectivity index is 1.46. The first kappa shape index (κ1) is 21.3. The van der Waals surface area contributed by atoms with Crippen LogP contribution in [0.2, 0.25) is 0 Å². The topological polar surface area (TPSA) is 114 Å². The first-order valence-electron chi connectivity index (χ1n) is 9.36. The fraction of sp³-hybridized carbons (Fsp3) is 0.300. The lowest BCUT2D eigenvalue weighted by Gasteiger charge is -2.33. The summed E-state index contributed by atoms with van der Waals surface area (Å²) in [6.07, 6.45) is -0.0479. The zero-order valence-electron chi connectivity index (χ0n) is 16.0. The van der Waals surface area contributed by atoms with Crippen LogP contribution in [-0.4, -0.2) is 54.4 Å². The summed E-state index contributed by atoms with van der Waals surface area (Å²) in [6, 6.07) is 12.7. The van der Waals surface area contributed by atoms with Crippen molar-refractivity contribution in [3.05, 3.63) is 70.0 Å². The Morgan fingerprint density at radius 2 is 1.97 bits per heavy atom. The van der Waals surface area contributed by atoms with E-state index in [1.54, 1.807) is 0 Å². The standard InChI is InChI=1S/C20H21FN4O5/c21-16-7-6-15(12-17(16)25(28)29)23-20(27)19(26)22-8-9-24-10-11-30-18(13-24)14-4-2-1-3-5-14/h1-7,12,18H,8-11,13H2,(H,22,26)(H,23,27). The molecule has 1 heterocycles. The molecule has 10 heteroatoms. The summed E-state index contributed by atoms with van der Waals surface area (Å²) in [5, 5.41) is 15.5. The molecule has 1 unspecified atom stereocenters. The molecule has 0 aromatic heterocycles. The Morgan fingerprint density at radius 3 is 2.70 bits per heavy atom. The van der Waals surface area contributed by atoms with Crippen LogP contribution < -0.4 is 10.6 Å². The second-order valence-corrected chi connectivity index (χ2v) is 6.70. The highest BCUT2D eigenvalue weighted by atomic mass is 19.1. The van der Waals surface area contributed by atoms with Gasteiger partial charge in [-0.15, -0.1) is 0 Å². The van der Waals surface area contributed by atoms with Crippen molar-refractivity contribution in [3.63, 3.8) is 0 Å². The molecule has 0 bridgehead atoms. The number of rotatable bonds is 6. The molecule has 158 valence electrons. The molecule has 30 heavy (non-hydrogen) atoms. The van der Waals surface area contributed by atoms with Gasteiger partial charge in [-0.2, -0.15) is 4.39 Å². The minimum absolute atomic E-state index is 0.0397. The molecule has 1 aliphatic rings. The van der Waals surface area contributed by atoms with Gasteiger partial charge in [-0.25, -0.2) is 0 Å². The van der Waals surface area contributed by atoms with Gasteiger partial charge in [-0.05, 0) is 17.7 Å². The number of benzene rings is 2. The summed E-state index contributed by atoms with van der Waals surface area (Å²) >= 11 is 0. The van der Waals surface area contributed by atoms with Gasteiger partial charge in [0.2, 0.25) is 5.82 Å². The summed E-state index contributed by atoms with van der Waals surface area (Å²) in [4.78, 5) is 35.9. The van der Waals surface area contributed by atoms with E-state index in [9.17, 15) is 24.1 Å². The van der Waals surface area contributed by atoms with Gasteiger partial charge in [0, 0.05) is 37.9 Å². The number of morpholine rings is 1. The molecule has 2 N–H and O–H groups in total. The number of carbonyl (C=O) groups is 2. The number of ether oxygens (including phenoxy) is 1. The van der Waals surface area contributed by atoms with Crippen LogP contribution in [-0.2, 0) is 14.3 Å². The van der Waals surface area contributed by atoms with Crippen LogP contribution in [0.3, 0.4) is 0 Å². The predicted molar refractivity (Wildman–Crippen MR) is 106 cm³/mol. The van der Waals surface area contributed by atoms with Gasteiger partial charge in [0.15, 0.2) is 0 Å². The molecule has 2 aromatic rings. The van der Waals surface area contributed by atoms with E-state index in [0.29, 0.717) is 26.2 Å². The first-order chi connectivity index (χ1) is 14.4. The van der Waals surface area contributed by atoms with Gasteiger partial charge in [0.1, 0.15) is 0 Å². The number of carbonyl (C=O) groups excluding carboxylic acids is 2. The minimum atomic E-state index is -1.03. The molecule has 1 fully saturated rings. The fourth-order valence-electron chi connectivity index (χ4n) is 3.10. The number of anilines is 1. The zero-order valence-corrected chi connectivity index (χ0v) is 16.0. The molecule has 9 nitrogen and oxygen atoms in total. The average Bonchev–Trinajstić information content (AvgIpc) is 2.75. The quantitative estimate of drug-likeness (QED) is 0.422. The normalized spacial score (nSPS) is 16.6. The number of halogens is 1. The maximum Gasteiger partial charge on any atom is 0.313 e. The lowest BCUT2D eigenvalue weighted by atomic mass is 10.1. The van der Waals surface area contributed by atoms with E-state index in [2.05, 4.69) is 15.5 Å². The third kappa shape index (κ3) is 5.58. The largest absolute Gasteiger partial charge is 0.371 e. The Labute approximate surface area is 172 Å². The number of nitrogens with one attached hydrogen (secondary N) is 2. The van der Waals surface area contributed by atoms with Crippen LogP contribution in [0.25, 0.3) is 0 Å². The average molecular weight is 416 g/mol. The predicted octanol–water partition coefficient (Wildman–Crippen LogP) is 1.86. The number of nitro benzene ring substituents is 1. The highest BCUT2D eigenvalue weighted by Crippen LogP contribution is 2.22. The van der Waals surface area contributed by atoms with E-state index in [4.69, 9.17) is 4.74 Å². The first-order valence-corrected chi connectivity index (χ1v) is 9.36. The second kappa shape index (κ2) is 9.90. The zero-order chi connectivity index (χ0) is 21.5. The maximum atomic E-state index is 13.3. The van der Waals surface area contributed by atoms with Gasteiger partial charge in [-0.1, -0.05) is 30.3 Å². The van der Waals surface area contributed by atoms with E-state index in [-0.39, 0.29) is 18.3 Å². The van der Waals surface area contributed by atoms with Crippen molar-refractivity contribution in [1.29, 1.82) is 0 Å². The number of nitrogens with zero attached hydrogens (tertiary/aromatic N) is 2. The summed E-state index contributed by atoms with van der Waals surface area (Å²) in [7, 11) is 0. The van der Waals surface area contributed by atoms with Crippen molar-refractivity contribution < 1.29 is 23.6 Å². The molecular weight excluding hydrogens is 395 g/mol. The lowest BCUT2D eigenvalue weighted by molar-refractivity contribution is -0.387. The van der Waals surface area contributed by atoms with Gasteiger partial charge in [0.05, 0.1) is 17.6 Å². The Kier molecular flexibility index (Phi) is 7.04. The lowest BCUT2D eigenvalue weighted by Crippen LogP contribution is -2.44. The van der Waals surface area contributed by atoms with Crippen molar-refractivity contribution in [2.75, 3.05) is 38.1 Å². The third-order valence-electron chi connectivity index (χ3n) is 4.64. The highest BCUT2D eigenvalue weighted by molar-refractivity contribution is 6.39. The molecule has 0 aliphatic carbocycles. The van der Waals surface area contributed by atoms with Crippen molar-refractivity contribution in [3.8, 4) is 0 Å². The number of amides is 2. The minimum Gasteiger partial charge on any atom is -0.371 e. The molecule has 2 amide bonds. The van der Waals surface area contributed by atoms with Crippen LogP contribution in [0.1, 0.15) is 11.7 Å². The molecule has 0 radical (unpaired) electrons. The van der Waals surface area contributed by atoms with E-state index < -0.39 is 28.2 Å². The molecule has 0 saturated carbocycles. The van der Waals surface area contributed by atoms with Crippen LogP contribution >= 0.6 is 0 Å². The number of hydrogen-bond acceptors (Lipinski definition) is 6. The van der Waals surface area contributed by atoms with Gasteiger partial charge in [0.25, 0.3) is 0 Å². The molecule has 2 aromatic carbocycles. The van der Waals surface area contributed by atoms with Crippen LogP contribution in [0.5, 0.6) is 0 Å². The van der Waals surface area contributed by atoms with Gasteiger partial charge in [-0.3, -0.25) is 24.6 Å². The fourth-order valence-corrected chi connectivity index (χ4v) is 3.10. The summed E-state index contributed by atoms with van der Waals surface area (Å²) in [5.41, 5.74) is 0.259. The van der Waals surface area contributed by atoms with Crippen molar-refractivity contribution in [2.24, 2.45) is 0 Å². The molecule has 1 atom stereocenters. The van der Waals surface area contributed by atoms with Gasteiger partial charge < -0.3 is 15.4 Å². The summed E-state index contributed by atoms with van der Waals surface area (Å²) < 4.78 is 19.1. The van der Waals surface area contributed by atoms with E-state index >= 15 is 0 Å². The number of hydrogen-bond donors (Lipinski definition) is 2. The van der Waals surface area contributed by atoms with Crippen molar-refractivity contribution in [1.82, 2.24) is 10.2 Å². The van der Waals surface area contributed by atoms with Crippen LogP contribution in [0.4, 0.5) is 15.8 Å². The second-order valence-electron chi connectivity index (χ2n) is 6.70.